The van der Waals surface area contributed by atoms with Crippen LogP contribution >= 0.6 is 0 Å². The zero-order valence-corrected chi connectivity index (χ0v) is 27.3. The lowest BCUT2D eigenvalue weighted by molar-refractivity contribution is 1.05. The Morgan fingerprint density at radius 3 is 1.86 bits per heavy atom. The highest BCUT2D eigenvalue weighted by atomic mass is 15.0. The summed E-state index contributed by atoms with van der Waals surface area (Å²) in [5.41, 5.74) is 10.3. The molecule has 0 aliphatic heterocycles. The summed E-state index contributed by atoms with van der Waals surface area (Å²) in [6, 6.07) is 52.0. The number of fused-ring (bicyclic) bond motifs is 7. The molecule has 240 valence electrons. The number of aromatic nitrogens is 5. The molecule has 0 amide bonds. The van der Waals surface area contributed by atoms with Gasteiger partial charge in [-0.2, -0.15) is 4.99 Å². The van der Waals surface area contributed by atoms with E-state index in [0.29, 0.717) is 11.2 Å². The summed E-state index contributed by atoms with van der Waals surface area (Å²) >= 11 is 0. The second-order valence-corrected chi connectivity index (χ2v) is 12.6. The van der Waals surface area contributed by atoms with E-state index in [4.69, 9.17) is 10.4 Å². The van der Waals surface area contributed by atoms with E-state index >= 15 is 0 Å². The Bertz CT molecular complexity index is 3020. The Kier molecular flexibility index (Phi) is 6.50. The molecule has 0 fully saturated rings. The second kappa shape index (κ2) is 11.5. The molecule has 7 heteroatoms. The predicted octanol–water partition coefficient (Wildman–Crippen LogP) is 9.75. The molecule has 4 heterocycles. The number of pyridine rings is 1. The van der Waals surface area contributed by atoms with Crippen LogP contribution in [0.4, 0.5) is 0 Å². The quantitative estimate of drug-likeness (QED) is 0.146. The number of H-pyrrole nitrogens is 1. The van der Waals surface area contributed by atoms with Crippen LogP contribution in [0.3, 0.4) is 0 Å². The number of rotatable bonds is 4. The third kappa shape index (κ3) is 4.67. The summed E-state index contributed by atoms with van der Waals surface area (Å²) in [5, 5.41) is 14.7. The summed E-state index contributed by atoms with van der Waals surface area (Å²) in [7, 11) is 0. The summed E-state index contributed by atoms with van der Waals surface area (Å²) in [4.78, 5) is 17.3. The number of amidine groups is 1. The number of hydrogen-bond acceptors (Lipinski definition) is 3. The largest absolute Gasteiger partial charge is 0.323 e. The van der Waals surface area contributed by atoms with Crippen molar-refractivity contribution in [2.75, 3.05) is 0 Å². The van der Waals surface area contributed by atoms with Crippen LogP contribution in [0.5, 0.6) is 0 Å². The zero-order chi connectivity index (χ0) is 33.9. The fourth-order valence-corrected chi connectivity index (χ4v) is 7.39. The van der Waals surface area contributed by atoms with Crippen LogP contribution in [-0.4, -0.2) is 29.9 Å². The van der Waals surface area contributed by atoms with E-state index in [1.807, 2.05) is 85.2 Å². The first-order valence-corrected chi connectivity index (χ1v) is 16.9. The SMILES string of the molecule is N=C(N=c1nc(-c2ccccc2)c2ccccc2[nH]1)c1ccc(-n2c3ccccc3c3cc4c5ccccc5n(-c5cccnc5)c4cc32)cc1. The van der Waals surface area contributed by atoms with Gasteiger partial charge in [0.05, 0.1) is 45.2 Å². The predicted molar refractivity (Wildman–Crippen MR) is 207 cm³/mol. The molecule has 6 aromatic carbocycles. The van der Waals surface area contributed by atoms with Gasteiger partial charge >= 0.3 is 0 Å². The number of nitrogens with one attached hydrogen (secondary N) is 2. The maximum absolute atomic E-state index is 8.97. The third-order valence-corrected chi connectivity index (χ3v) is 9.68. The van der Waals surface area contributed by atoms with Gasteiger partial charge in [-0.1, -0.05) is 84.9 Å². The fraction of sp³-hybridized carbons (Fsp3) is 0. The fourth-order valence-electron chi connectivity index (χ4n) is 7.39. The highest BCUT2D eigenvalue weighted by molar-refractivity contribution is 6.19. The number of benzene rings is 6. The molecule has 0 spiro atoms. The van der Waals surface area contributed by atoms with E-state index in [-0.39, 0.29) is 5.84 Å². The molecule has 7 nitrogen and oxygen atoms in total. The van der Waals surface area contributed by atoms with Crippen molar-refractivity contribution in [2.24, 2.45) is 4.99 Å². The minimum atomic E-state index is 0.129. The van der Waals surface area contributed by atoms with Crippen LogP contribution in [0.25, 0.3) is 77.1 Å². The average Bonchev–Trinajstić information content (AvgIpc) is 3.69. The first-order chi connectivity index (χ1) is 25.2. The van der Waals surface area contributed by atoms with Crippen molar-refractivity contribution >= 4 is 60.4 Å². The van der Waals surface area contributed by atoms with E-state index in [1.54, 1.807) is 0 Å². The van der Waals surface area contributed by atoms with Crippen LogP contribution in [0.15, 0.2) is 169 Å². The monoisotopic (exact) mass is 655 g/mol. The Labute approximate surface area is 292 Å². The summed E-state index contributed by atoms with van der Waals surface area (Å²) in [6.07, 6.45) is 3.72. The van der Waals surface area contributed by atoms with Crippen molar-refractivity contribution in [3.63, 3.8) is 0 Å². The van der Waals surface area contributed by atoms with Crippen molar-refractivity contribution in [3.05, 3.63) is 175 Å². The first-order valence-electron chi connectivity index (χ1n) is 16.9. The van der Waals surface area contributed by atoms with Crippen LogP contribution in [0.1, 0.15) is 5.56 Å². The van der Waals surface area contributed by atoms with Gasteiger partial charge in [0, 0.05) is 49.9 Å². The van der Waals surface area contributed by atoms with Crippen molar-refractivity contribution in [1.29, 1.82) is 5.41 Å². The zero-order valence-electron chi connectivity index (χ0n) is 27.3. The number of hydrogen-bond donors (Lipinski definition) is 2. The first kappa shape index (κ1) is 28.9. The van der Waals surface area contributed by atoms with Gasteiger partial charge in [-0.3, -0.25) is 10.4 Å². The van der Waals surface area contributed by atoms with Crippen LogP contribution in [0.2, 0.25) is 0 Å². The Balaban J connectivity index is 1.11. The second-order valence-electron chi connectivity index (χ2n) is 12.6. The third-order valence-electron chi connectivity index (χ3n) is 9.68. The molecule has 0 aliphatic rings. The van der Waals surface area contributed by atoms with Gasteiger partial charge in [0.1, 0.15) is 0 Å². The van der Waals surface area contributed by atoms with Gasteiger partial charge in [-0.15, -0.1) is 0 Å². The minimum absolute atomic E-state index is 0.129. The van der Waals surface area contributed by atoms with Crippen LogP contribution < -0.4 is 5.62 Å². The van der Waals surface area contributed by atoms with Gasteiger partial charge in [-0.05, 0) is 66.7 Å². The van der Waals surface area contributed by atoms with Crippen LogP contribution in [-0.2, 0) is 0 Å². The van der Waals surface area contributed by atoms with E-state index in [2.05, 4.69) is 103 Å². The lowest BCUT2D eigenvalue weighted by Crippen LogP contribution is -2.17. The molecule has 0 unspecified atom stereocenters. The van der Waals surface area contributed by atoms with E-state index in [9.17, 15) is 0 Å². The molecule has 0 saturated carbocycles. The number of para-hydroxylation sites is 3. The van der Waals surface area contributed by atoms with Gasteiger partial charge in [0.15, 0.2) is 5.84 Å². The molecular formula is C44H29N7. The molecular weight excluding hydrogens is 627 g/mol. The molecule has 0 radical (unpaired) electrons. The molecule has 10 rings (SSSR count). The van der Waals surface area contributed by atoms with Crippen molar-refractivity contribution in [3.8, 4) is 22.6 Å². The van der Waals surface area contributed by atoms with E-state index in [0.717, 1.165) is 55.6 Å². The lowest BCUT2D eigenvalue weighted by Gasteiger charge is -2.10. The smallest absolute Gasteiger partial charge is 0.229 e. The molecule has 10 aromatic rings. The molecule has 0 bridgehead atoms. The standard InChI is InChI=1S/C44H29N7/c45-43(49-44-47-37-17-7-4-16-34(37)42(48-44)28-11-2-1-3-12-28)29-20-22-30(23-21-29)50-38-18-8-5-14-32(38)35-25-36-33-15-6-9-19-39(33)51(41(36)26-40(35)50)31-13-10-24-46-27-31/h1-27H,(H2,45,47,48,49). The van der Waals surface area contributed by atoms with Crippen molar-refractivity contribution in [2.45, 2.75) is 0 Å². The minimum Gasteiger partial charge on any atom is -0.323 e. The topological polar surface area (TPSA) is 87.6 Å². The highest BCUT2D eigenvalue weighted by Crippen LogP contribution is 2.39. The molecule has 0 aliphatic carbocycles. The van der Waals surface area contributed by atoms with Crippen molar-refractivity contribution in [1.82, 2.24) is 24.1 Å². The maximum atomic E-state index is 8.97. The van der Waals surface area contributed by atoms with Gasteiger partial charge in [-0.25, -0.2) is 4.98 Å². The number of aromatic amines is 1. The normalized spacial score (nSPS) is 12.1. The Hall–Kier alpha value is -7.12. The number of nitrogens with zero attached hydrogens (tertiary/aromatic N) is 5. The summed E-state index contributed by atoms with van der Waals surface area (Å²) in [5.74, 6) is 0.129. The van der Waals surface area contributed by atoms with Gasteiger partial charge in [0.2, 0.25) is 5.62 Å². The molecule has 0 saturated heterocycles. The molecule has 2 N–H and O–H groups in total. The molecule has 0 atom stereocenters. The molecule has 4 aromatic heterocycles. The van der Waals surface area contributed by atoms with Gasteiger partial charge < -0.3 is 14.1 Å². The maximum Gasteiger partial charge on any atom is 0.229 e. The lowest BCUT2D eigenvalue weighted by atomic mass is 10.1. The summed E-state index contributed by atoms with van der Waals surface area (Å²) < 4.78 is 4.61. The molecule has 51 heavy (non-hydrogen) atoms. The highest BCUT2D eigenvalue weighted by Gasteiger charge is 2.18. The Morgan fingerprint density at radius 2 is 1.18 bits per heavy atom. The Morgan fingerprint density at radius 1 is 0.549 bits per heavy atom. The van der Waals surface area contributed by atoms with E-state index < -0.39 is 0 Å². The van der Waals surface area contributed by atoms with Crippen molar-refractivity contribution < 1.29 is 0 Å². The average molecular weight is 656 g/mol. The van der Waals surface area contributed by atoms with E-state index in [1.165, 1.54) is 21.5 Å². The van der Waals surface area contributed by atoms with Gasteiger partial charge in [0.25, 0.3) is 0 Å². The van der Waals surface area contributed by atoms with Crippen LogP contribution in [0, 0.1) is 5.41 Å². The summed E-state index contributed by atoms with van der Waals surface area (Å²) in [6.45, 7) is 0.